The molecule has 1 N–H and O–H groups in total. The van der Waals surface area contributed by atoms with Crippen molar-refractivity contribution in [2.45, 2.75) is 13.8 Å². The molecule has 0 unspecified atom stereocenters. The standard InChI is InChI=1S/C18H15NO3/c1-11-16-10-14(22-13-6-4-3-5-7-13)8-9-15(16)18(21)17(19-11)12(2)20/h3-10,21H,1-2H3. The zero-order valence-corrected chi connectivity index (χ0v) is 12.3. The van der Waals surface area contributed by atoms with E-state index in [2.05, 4.69) is 4.98 Å². The highest BCUT2D eigenvalue weighted by atomic mass is 16.5. The Hall–Kier alpha value is -2.88. The average Bonchev–Trinajstić information content (AvgIpc) is 2.51. The van der Waals surface area contributed by atoms with Crippen molar-refractivity contribution in [3.05, 3.63) is 59.9 Å². The Morgan fingerprint density at radius 2 is 1.77 bits per heavy atom. The molecule has 0 fully saturated rings. The molecule has 0 saturated carbocycles. The summed E-state index contributed by atoms with van der Waals surface area (Å²) < 4.78 is 5.78. The molecule has 3 rings (SSSR count). The van der Waals surface area contributed by atoms with Gasteiger partial charge in [-0.25, -0.2) is 4.98 Å². The summed E-state index contributed by atoms with van der Waals surface area (Å²) in [7, 11) is 0. The van der Waals surface area contributed by atoms with Crippen LogP contribution in [0.15, 0.2) is 48.5 Å². The Kier molecular flexibility index (Phi) is 3.51. The molecule has 110 valence electrons. The highest BCUT2D eigenvalue weighted by Crippen LogP contribution is 2.33. The Labute approximate surface area is 128 Å². The molecule has 0 amide bonds. The summed E-state index contributed by atoms with van der Waals surface area (Å²) in [5, 5.41) is 11.6. The number of fused-ring (bicyclic) bond motifs is 1. The highest BCUT2D eigenvalue weighted by molar-refractivity contribution is 6.02. The molecular formula is C18H15NO3. The lowest BCUT2D eigenvalue weighted by molar-refractivity contribution is 0.101. The zero-order valence-electron chi connectivity index (χ0n) is 12.3. The molecule has 2 aromatic carbocycles. The summed E-state index contributed by atoms with van der Waals surface area (Å²) in [6, 6.07) is 14.8. The molecular weight excluding hydrogens is 278 g/mol. The third-order valence-electron chi connectivity index (χ3n) is 3.45. The topological polar surface area (TPSA) is 59.4 Å². The van der Waals surface area contributed by atoms with E-state index in [0.717, 1.165) is 11.1 Å². The van der Waals surface area contributed by atoms with E-state index >= 15 is 0 Å². The number of benzene rings is 2. The molecule has 0 radical (unpaired) electrons. The molecule has 0 bridgehead atoms. The van der Waals surface area contributed by atoms with Gasteiger partial charge in [-0.3, -0.25) is 4.79 Å². The van der Waals surface area contributed by atoms with Crippen LogP contribution in [0.5, 0.6) is 17.2 Å². The van der Waals surface area contributed by atoms with Crippen LogP contribution in [0, 0.1) is 6.92 Å². The summed E-state index contributed by atoms with van der Waals surface area (Å²) in [6.45, 7) is 3.20. The molecule has 1 heterocycles. The van der Waals surface area contributed by atoms with Crippen LogP contribution < -0.4 is 4.74 Å². The van der Waals surface area contributed by atoms with E-state index in [4.69, 9.17) is 4.74 Å². The Morgan fingerprint density at radius 1 is 1.05 bits per heavy atom. The van der Waals surface area contributed by atoms with Crippen molar-refractivity contribution in [3.8, 4) is 17.2 Å². The first kappa shape index (κ1) is 14.1. The van der Waals surface area contributed by atoms with Gasteiger partial charge in [-0.05, 0) is 37.3 Å². The molecule has 0 atom stereocenters. The monoisotopic (exact) mass is 293 g/mol. The summed E-state index contributed by atoms with van der Waals surface area (Å²) >= 11 is 0. The van der Waals surface area contributed by atoms with Gasteiger partial charge in [0.2, 0.25) is 0 Å². The third kappa shape index (κ3) is 2.51. The van der Waals surface area contributed by atoms with Crippen molar-refractivity contribution in [1.29, 1.82) is 0 Å². The first-order valence-electron chi connectivity index (χ1n) is 6.93. The lowest BCUT2D eigenvalue weighted by Crippen LogP contribution is -2.00. The Bertz CT molecular complexity index is 857. The minimum absolute atomic E-state index is 0.0839. The third-order valence-corrected chi connectivity index (χ3v) is 3.45. The van der Waals surface area contributed by atoms with Gasteiger partial charge in [0, 0.05) is 23.4 Å². The molecule has 0 aliphatic carbocycles. The molecule has 4 nitrogen and oxygen atoms in total. The number of nitrogens with zero attached hydrogens (tertiary/aromatic N) is 1. The number of carbonyl (C=O) groups is 1. The fourth-order valence-corrected chi connectivity index (χ4v) is 2.37. The van der Waals surface area contributed by atoms with E-state index in [1.807, 2.05) is 36.4 Å². The quantitative estimate of drug-likeness (QED) is 0.734. The van der Waals surface area contributed by atoms with Crippen molar-refractivity contribution >= 4 is 16.6 Å². The normalized spacial score (nSPS) is 10.6. The molecule has 1 aromatic heterocycles. The maximum atomic E-state index is 11.5. The SMILES string of the molecule is CC(=O)c1nc(C)c2cc(Oc3ccccc3)ccc2c1O. The van der Waals surface area contributed by atoms with Gasteiger partial charge >= 0.3 is 0 Å². The van der Waals surface area contributed by atoms with Gasteiger partial charge in [0.15, 0.2) is 11.5 Å². The minimum atomic E-state index is -0.257. The number of aryl methyl sites for hydroxylation is 1. The van der Waals surface area contributed by atoms with Crippen molar-refractivity contribution in [3.63, 3.8) is 0 Å². The Balaban J connectivity index is 2.09. The molecule has 22 heavy (non-hydrogen) atoms. The van der Waals surface area contributed by atoms with Crippen LogP contribution in [0.25, 0.3) is 10.8 Å². The van der Waals surface area contributed by atoms with Gasteiger partial charge in [-0.1, -0.05) is 18.2 Å². The minimum Gasteiger partial charge on any atom is -0.505 e. The number of aromatic hydroxyl groups is 1. The largest absolute Gasteiger partial charge is 0.505 e. The van der Waals surface area contributed by atoms with Crippen LogP contribution in [-0.4, -0.2) is 15.9 Å². The number of hydrogen-bond acceptors (Lipinski definition) is 4. The van der Waals surface area contributed by atoms with E-state index in [-0.39, 0.29) is 17.2 Å². The van der Waals surface area contributed by atoms with E-state index in [1.165, 1.54) is 6.92 Å². The van der Waals surface area contributed by atoms with Gasteiger partial charge in [0.25, 0.3) is 0 Å². The molecule has 0 aliphatic rings. The van der Waals surface area contributed by atoms with Crippen LogP contribution in [0.1, 0.15) is 23.1 Å². The molecule has 4 heteroatoms. The van der Waals surface area contributed by atoms with Crippen molar-refractivity contribution < 1.29 is 14.6 Å². The summed E-state index contributed by atoms with van der Waals surface area (Å²) in [4.78, 5) is 15.7. The number of ketones is 1. The van der Waals surface area contributed by atoms with Gasteiger partial charge in [0.1, 0.15) is 17.2 Å². The number of ether oxygens (including phenoxy) is 1. The second kappa shape index (κ2) is 5.48. The number of carbonyl (C=O) groups excluding carboxylic acids is 1. The fourth-order valence-electron chi connectivity index (χ4n) is 2.37. The predicted octanol–water partition coefficient (Wildman–Crippen LogP) is 4.24. The lowest BCUT2D eigenvalue weighted by atomic mass is 10.1. The fraction of sp³-hybridized carbons (Fsp3) is 0.111. The van der Waals surface area contributed by atoms with E-state index < -0.39 is 0 Å². The summed E-state index contributed by atoms with van der Waals surface area (Å²) in [5.41, 5.74) is 0.776. The molecule has 0 saturated heterocycles. The van der Waals surface area contributed by atoms with Crippen LogP contribution in [0.2, 0.25) is 0 Å². The van der Waals surface area contributed by atoms with Crippen molar-refractivity contribution in [2.75, 3.05) is 0 Å². The Morgan fingerprint density at radius 3 is 2.45 bits per heavy atom. The van der Waals surface area contributed by atoms with Crippen molar-refractivity contribution in [2.24, 2.45) is 0 Å². The van der Waals surface area contributed by atoms with Crippen LogP contribution in [0.3, 0.4) is 0 Å². The first-order valence-corrected chi connectivity index (χ1v) is 6.93. The van der Waals surface area contributed by atoms with E-state index in [9.17, 15) is 9.90 Å². The zero-order chi connectivity index (χ0) is 15.7. The first-order chi connectivity index (χ1) is 10.6. The lowest BCUT2D eigenvalue weighted by Gasteiger charge is -2.10. The van der Waals surface area contributed by atoms with Gasteiger partial charge < -0.3 is 9.84 Å². The highest BCUT2D eigenvalue weighted by Gasteiger charge is 2.15. The predicted molar refractivity (Wildman–Crippen MR) is 84.7 cm³/mol. The number of hydrogen-bond donors (Lipinski definition) is 1. The van der Waals surface area contributed by atoms with E-state index in [0.29, 0.717) is 16.8 Å². The second-order valence-electron chi connectivity index (χ2n) is 5.07. The summed E-state index contributed by atoms with van der Waals surface area (Å²) in [6.07, 6.45) is 0. The molecule has 0 aliphatic heterocycles. The smallest absolute Gasteiger partial charge is 0.181 e. The molecule has 3 aromatic rings. The maximum Gasteiger partial charge on any atom is 0.181 e. The van der Waals surface area contributed by atoms with Crippen LogP contribution in [-0.2, 0) is 0 Å². The number of Topliss-reactive ketones (excluding diaryl/α,β-unsaturated/α-hetero) is 1. The maximum absolute atomic E-state index is 11.5. The summed E-state index contributed by atoms with van der Waals surface area (Å²) in [5.74, 6) is 1.04. The number of pyridine rings is 1. The van der Waals surface area contributed by atoms with Gasteiger partial charge in [-0.15, -0.1) is 0 Å². The van der Waals surface area contributed by atoms with Gasteiger partial charge in [-0.2, -0.15) is 0 Å². The number of rotatable bonds is 3. The van der Waals surface area contributed by atoms with Crippen LogP contribution >= 0.6 is 0 Å². The second-order valence-corrected chi connectivity index (χ2v) is 5.07. The number of para-hydroxylation sites is 1. The number of aromatic nitrogens is 1. The average molecular weight is 293 g/mol. The van der Waals surface area contributed by atoms with E-state index in [1.54, 1.807) is 19.1 Å². The van der Waals surface area contributed by atoms with Crippen molar-refractivity contribution in [1.82, 2.24) is 4.98 Å². The van der Waals surface area contributed by atoms with Gasteiger partial charge in [0.05, 0.1) is 0 Å². The molecule has 0 spiro atoms. The van der Waals surface area contributed by atoms with Crippen LogP contribution in [0.4, 0.5) is 0 Å².